The quantitative estimate of drug-likeness (QED) is 0.698. The van der Waals surface area contributed by atoms with Crippen molar-refractivity contribution >= 4 is 0 Å². The highest BCUT2D eigenvalue weighted by atomic mass is 14.8. The van der Waals surface area contributed by atoms with Gasteiger partial charge in [-0.2, -0.15) is 0 Å². The fourth-order valence-electron chi connectivity index (χ4n) is 5.56. The third kappa shape index (κ3) is 1.32. The molecule has 0 aliphatic heterocycles. The molecule has 4 bridgehead atoms. The molecule has 4 aliphatic rings. The molecule has 0 saturated heterocycles. The molecule has 0 spiro atoms. The summed E-state index contributed by atoms with van der Waals surface area (Å²) in [6.45, 7) is 4.71. The van der Waals surface area contributed by atoms with E-state index in [9.17, 15) is 0 Å². The average molecular weight is 224 g/mol. The third-order valence-electron chi connectivity index (χ3n) is 6.24. The molecule has 0 heterocycles. The van der Waals surface area contributed by atoms with Crippen LogP contribution < -0.4 is 11.5 Å². The standard InChI is InChI=1S/C14H26N2/c1-9(15)13-4-11-3-12(5-13)7-14(6-11,8-13)10(2)16/h9-12H,3-8,15-16H2,1-2H3/p+2/t9-,10-,11?,12?,13?,14?/m0/s1. The van der Waals surface area contributed by atoms with Crippen LogP contribution >= 0.6 is 0 Å². The van der Waals surface area contributed by atoms with E-state index in [4.69, 9.17) is 0 Å². The van der Waals surface area contributed by atoms with Crippen LogP contribution in [-0.2, 0) is 0 Å². The molecule has 2 atom stereocenters. The average Bonchev–Trinajstić information content (AvgIpc) is 2.14. The lowest BCUT2D eigenvalue weighted by atomic mass is 9.41. The van der Waals surface area contributed by atoms with Crippen molar-refractivity contribution in [3.8, 4) is 0 Å². The van der Waals surface area contributed by atoms with Gasteiger partial charge < -0.3 is 11.5 Å². The second-order valence-corrected chi connectivity index (χ2v) is 7.49. The van der Waals surface area contributed by atoms with Gasteiger partial charge in [-0.3, -0.25) is 0 Å². The second kappa shape index (κ2) is 3.23. The van der Waals surface area contributed by atoms with Crippen LogP contribution in [0, 0.1) is 22.7 Å². The van der Waals surface area contributed by atoms with Crippen molar-refractivity contribution in [1.29, 1.82) is 0 Å². The highest BCUT2D eigenvalue weighted by Crippen LogP contribution is 2.66. The molecule has 2 nitrogen and oxygen atoms in total. The lowest BCUT2D eigenvalue weighted by Gasteiger charge is -2.62. The monoisotopic (exact) mass is 224 g/mol. The Morgan fingerprint density at radius 3 is 1.56 bits per heavy atom. The molecular weight excluding hydrogens is 196 g/mol. The Hall–Kier alpha value is -0.0800. The minimum Gasteiger partial charge on any atom is -0.355 e. The molecule has 4 saturated carbocycles. The zero-order valence-electron chi connectivity index (χ0n) is 11.0. The maximum absolute atomic E-state index is 4.40. The molecule has 0 aromatic heterocycles. The van der Waals surface area contributed by atoms with Crippen LogP contribution in [0.15, 0.2) is 0 Å². The predicted octanol–water partition coefficient (Wildman–Crippen LogP) is 0.834. The molecule has 92 valence electrons. The van der Waals surface area contributed by atoms with Gasteiger partial charge in [0, 0.05) is 10.8 Å². The van der Waals surface area contributed by atoms with Crippen molar-refractivity contribution in [2.24, 2.45) is 22.7 Å². The Morgan fingerprint density at radius 2 is 1.25 bits per heavy atom. The summed E-state index contributed by atoms with van der Waals surface area (Å²) >= 11 is 0. The maximum Gasteiger partial charge on any atom is 0.0872 e. The van der Waals surface area contributed by atoms with Gasteiger partial charge in [-0.1, -0.05) is 0 Å². The fraction of sp³-hybridized carbons (Fsp3) is 1.00. The molecule has 0 aromatic carbocycles. The SMILES string of the molecule is C[C@H]([NH3+])C12CC3CC(C1)CC([C@H](C)[NH3+])(C3)C2. The van der Waals surface area contributed by atoms with E-state index in [0.717, 1.165) is 11.8 Å². The topological polar surface area (TPSA) is 55.3 Å². The number of hydrogen-bond acceptors (Lipinski definition) is 0. The van der Waals surface area contributed by atoms with E-state index in [1.54, 1.807) is 0 Å². The minimum absolute atomic E-state index is 0.593. The number of quaternary nitrogens is 2. The van der Waals surface area contributed by atoms with E-state index in [0.29, 0.717) is 22.9 Å². The van der Waals surface area contributed by atoms with Gasteiger partial charge in [0.05, 0.1) is 12.1 Å². The Bertz CT molecular complexity index is 255. The van der Waals surface area contributed by atoms with Crippen molar-refractivity contribution < 1.29 is 11.5 Å². The van der Waals surface area contributed by atoms with Gasteiger partial charge in [0.2, 0.25) is 0 Å². The Kier molecular flexibility index (Phi) is 2.23. The fourth-order valence-corrected chi connectivity index (χ4v) is 5.56. The summed E-state index contributed by atoms with van der Waals surface area (Å²) in [7, 11) is 0. The highest BCUT2D eigenvalue weighted by molar-refractivity contribution is 5.10. The van der Waals surface area contributed by atoms with Gasteiger partial charge in [-0.25, -0.2) is 0 Å². The molecule has 0 aromatic rings. The predicted molar refractivity (Wildman–Crippen MR) is 64.2 cm³/mol. The molecule has 16 heavy (non-hydrogen) atoms. The van der Waals surface area contributed by atoms with E-state index in [1.165, 1.54) is 38.5 Å². The molecule has 0 amide bonds. The summed E-state index contributed by atoms with van der Waals surface area (Å²) in [5, 5.41) is 0. The first kappa shape index (κ1) is 11.0. The van der Waals surface area contributed by atoms with E-state index < -0.39 is 0 Å². The number of hydrogen-bond donors (Lipinski definition) is 2. The minimum atomic E-state index is 0.593. The van der Waals surface area contributed by atoms with Gasteiger partial charge in [0.25, 0.3) is 0 Å². The van der Waals surface area contributed by atoms with Crippen LogP contribution in [0.5, 0.6) is 0 Å². The molecule has 0 radical (unpaired) electrons. The van der Waals surface area contributed by atoms with E-state index >= 15 is 0 Å². The Labute approximate surface area is 99.1 Å². The van der Waals surface area contributed by atoms with Gasteiger partial charge in [0.1, 0.15) is 0 Å². The normalized spacial score (nSPS) is 54.0. The summed E-state index contributed by atoms with van der Waals surface area (Å²) in [5.74, 6) is 2.02. The molecule has 4 aliphatic carbocycles. The summed E-state index contributed by atoms with van der Waals surface area (Å²) in [5.41, 5.74) is 9.98. The first-order valence-corrected chi connectivity index (χ1v) is 7.12. The highest BCUT2D eigenvalue weighted by Gasteiger charge is 2.61. The zero-order chi connectivity index (χ0) is 11.6. The van der Waals surface area contributed by atoms with Crippen LogP contribution in [0.25, 0.3) is 0 Å². The van der Waals surface area contributed by atoms with Crippen molar-refractivity contribution in [1.82, 2.24) is 0 Å². The lowest BCUT2D eigenvalue weighted by Crippen LogP contribution is -2.76. The van der Waals surface area contributed by atoms with Crippen LogP contribution in [-0.4, -0.2) is 12.1 Å². The summed E-state index contributed by atoms with van der Waals surface area (Å²) in [6, 6.07) is 1.27. The Balaban J connectivity index is 1.97. The van der Waals surface area contributed by atoms with Crippen molar-refractivity contribution in [2.45, 2.75) is 64.5 Å². The van der Waals surface area contributed by atoms with Gasteiger partial charge in [-0.05, 0) is 64.2 Å². The van der Waals surface area contributed by atoms with E-state index in [-0.39, 0.29) is 0 Å². The lowest BCUT2D eigenvalue weighted by molar-refractivity contribution is -0.477. The summed E-state index contributed by atoms with van der Waals surface area (Å²) < 4.78 is 0. The van der Waals surface area contributed by atoms with Crippen molar-refractivity contribution in [3.05, 3.63) is 0 Å². The van der Waals surface area contributed by atoms with Crippen LogP contribution in [0.1, 0.15) is 52.4 Å². The first-order chi connectivity index (χ1) is 7.46. The van der Waals surface area contributed by atoms with Crippen LogP contribution in [0.2, 0.25) is 0 Å². The molecule has 0 unspecified atom stereocenters. The zero-order valence-corrected chi connectivity index (χ0v) is 11.0. The molecule has 2 heteroatoms. The number of rotatable bonds is 2. The van der Waals surface area contributed by atoms with Gasteiger partial charge in [0.15, 0.2) is 0 Å². The van der Waals surface area contributed by atoms with Crippen LogP contribution in [0.4, 0.5) is 0 Å². The smallest absolute Gasteiger partial charge is 0.0872 e. The first-order valence-electron chi connectivity index (χ1n) is 7.12. The molecular formula is C14H28N2+2. The van der Waals surface area contributed by atoms with E-state index in [2.05, 4.69) is 25.3 Å². The summed E-state index contributed by atoms with van der Waals surface area (Å²) in [6.07, 6.45) is 8.85. The van der Waals surface area contributed by atoms with Gasteiger partial charge >= 0.3 is 0 Å². The van der Waals surface area contributed by atoms with E-state index in [1.807, 2.05) is 0 Å². The largest absolute Gasteiger partial charge is 0.355 e. The summed E-state index contributed by atoms with van der Waals surface area (Å²) in [4.78, 5) is 0. The van der Waals surface area contributed by atoms with Crippen molar-refractivity contribution in [2.75, 3.05) is 0 Å². The second-order valence-electron chi connectivity index (χ2n) is 7.49. The van der Waals surface area contributed by atoms with Crippen LogP contribution in [0.3, 0.4) is 0 Å². The Morgan fingerprint density at radius 1 is 0.875 bits per heavy atom. The molecule has 4 fully saturated rings. The van der Waals surface area contributed by atoms with Gasteiger partial charge in [-0.15, -0.1) is 0 Å². The third-order valence-corrected chi connectivity index (χ3v) is 6.24. The molecule has 4 rings (SSSR count). The maximum atomic E-state index is 4.40. The van der Waals surface area contributed by atoms with Crippen molar-refractivity contribution in [3.63, 3.8) is 0 Å². The molecule has 6 N–H and O–H groups in total.